The van der Waals surface area contributed by atoms with Crippen molar-refractivity contribution in [3.8, 4) is 0 Å². The molecule has 26 heavy (non-hydrogen) atoms. The molecule has 2 unspecified atom stereocenters. The van der Waals surface area contributed by atoms with Gasteiger partial charge in [-0.3, -0.25) is 4.79 Å². The summed E-state index contributed by atoms with van der Waals surface area (Å²) in [6.45, 7) is 2.97. The molecule has 0 radical (unpaired) electrons. The second-order valence-electron chi connectivity index (χ2n) is 6.20. The van der Waals surface area contributed by atoms with Crippen molar-refractivity contribution in [1.29, 1.82) is 0 Å². The molecule has 0 saturated heterocycles. The standard InChI is InChI=1S/C21H27NO4/c1-17(23)22-20(12-13-25-14-18-8-4-2-5-9-18)21(24)16-26-15-19-10-6-3-7-11-19/h2-11,20-21,24H,12-16H2,1H3,(H,22,23). The van der Waals surface area contributed by atoms with Crippen LogP contribution in [0.25, 0.3) is 0 Å². The lowest BCUT2D eigenvalue weighted by Crippen LogP contribution is -2.45. The molecule has 2 aromatic rings. The molecule has 2 aromatic carbocycles. The summed E-state index contributed by atoms with van der Waals surface area (Å²) in [5, 5.41) is 13.1. The van der Waals surface area contributed by atoms with Crippen LogP contribution in [-0.2, 0) is 27.5 Å². The number of amides is 1. The van der Waals surface area contributed by atoms with E-state index < -0.39 is 12.1 Å². The van der Waals surface area contributed by atoms with Crippen LogP contribution in [0.4, 0.5) is 0 Å². The van der Waals surface area contributed by atoms with Gasteiger partial charge in [0.1, 0.15) is 0 Å². The maximum absolute atomic E-state index is 11.4. The summed E-state index contributed by atoms with van der Waals surface area (Å²) in [6, 6.07) is 19.2. The first-order valence-electron chi connectivity index (χ1n) is 8.83. The molecule has 140 valence electrons. The SMILES string of the molecule is CC(=O)NC(CCOCc1ccccc1)C(O)COCc1ccccc1. The van der Waals surface area contributed by atoms with Gasteiger partial charge in [-0.25, -0.2) is 0 Å². The summed E-state index contributed by atoms with van der Waals surface area (Å²) < 4.78 is 11.2. The molecular formula is C21H27NO4. The summed E-state index contributed by atoms with van der Waals surface area (Å²) in [4.78, 5) is 11.4. The number of benzene rings is 2. The van der Waals surface area contributed by atoms with E-state index in [1.807, 2.05) is 60.7 Å². The molecule has 2 N–H and O–H groups in total. The first-order valence-corrected chi connectivity index (χ1v) is 8.83. The van der Waals surface area contributed by atoms with E-state index >= 15 is 0 Å². The minimum Gasteiger partial charge on any atom is -0.389 e. The molecule has 1 amide bonds. The predicted molar refractivity (Wildman–Crippen MR) is 100 cm³/mol. The van der Waals surface area contributed by atoms with Gasteiger partial charge < -0.3 is 19.9 Å². The molecule has 0 aliphatic rings. The number of aliphatic hydroxyl groups is 1. The number of hydrogen-bond acceptors (Lipinski definition) is 4. The highest BCUT2D eigenvalue weighted by molar-refractivity contribution is 5.73. The number of ether oxygens (including phenoxy) is 2. The topological polar surface area (TPSA) is 67.8 Å². The van der Waals surface area contributed by atoms with Gasteiger partial charge in [0.15, 0.2) is 0 Å². The first-order chi connectivity index (χ1) is 12.6. The summed E-state index contributed by atoms with van der Waals surface area (Å²) in [5.41, 5.74) is 2.14. The van der Waals surface area contributed by atoms with Crippen molar-refractivity contribution in [2.75, 3.05) is 13.2 Å². The second-order valence-corrected chi connectivity index (χ2v) is 6.20. The highest BCUT2D eigenvalue weighted by atomic mass is 16.5. The number of nitrogens with one attached hydrogen (secondary N) is 1. The lowest BCUT2D eigenvalue weighted by molar-refractivity contribution is -0.121. The summed E-state index contributed by atoms with van der Waals surface area (Å²) >= 11 is 0. The smallest absolute Gasteiger partial charge is 0.217 e. The Bertz CT molecular complexity index is 633. The zero-order valence-corrected chi connectivity index (χ0v) is 15.1. The molecule has 0 heterocycles. The minimum absolute atomic E-state index is 0.151. The minimum atomic E-state index is -0.789. The monoisotopic (exact) mass is 357 g/mol. The van der Waals surface area contributed by atoms with Gasteiger partial charge in [0.2, 0.25) is 5.91 Å². The average molecular weight is 357 g/mol. The summed E-state index contributed by atoms with van der Waals surface area (Å²) in [6.07, 6.45) is -0.273. The van der Waals surface area contributed by atoms with Crippen molar-refractivity contribution in [3.05, 3.63) is 71.8 Å². The van der Waals surface area contributed by atoms with E-state index in [0.29, 0.717) is 26.2 Å². The van der Waals surface area contributed by atoms with Crippen LogP contribution in [0.2, 0.25) is 0 Å². The van der Waals surface area contributed by atoms with Crippen LogP contribution in [0, 0.1) is 0 Å². The quantitative estimate of drug-likeness (QED) is 0.607. The Kier molecular flexibility index (Phi) is 8.83. The van der Waals surface area contributed by atoms with E-state index in [2.05, 4.69) is 5.32 Å². The lowest BCUT2D eigenvalue weighted by Gasteiger charge is -2.23. The van der Waals surface area contributed by atoms with Crippen LogP contribution in [-0.4, -0.2) is 36.4 Å². The predicted octanol–water partition coefficient (Wildman–Crippen LogP) is 2.68. The Morgan fingerprint density at radius 3 is 2.04 bits per heavy atom. The molecular weight excluding hydrogens is 330 g/mol. The van der Waals surface area contributed by atoms with Gasteiger partial charge in [-0.05, 0) is 17.5 Å². The summed E-state index contributed by atoms with van der Waals surface area (Å²) in [7, 11) is 0. The van der Waals surface area contributed by atoms with Gasteiger partial charge in [-0.15, -0.1) is 0 Å². The van der Waals surface area contributed by atoms with E-state index in [0.717, 1.165) is 11.1 Å². The van der Waals surface area contributed by atoms with Gasteiger partial charge in [0.05, 0.1) is 32.0 Å². The van der Waals surface area contributed by atoms with Crippen LogP contribution < -0.4 is 5.32 Å². The maximum atomic E-state index is 11.4. The third-order valence-corrected chi connectivity index (χ3v) is 3.94. The van der Waals surface area contributed by atoms with E-state index in [1.54, 1.807) is 0 Å². The number of aliphatic hydroxyl groups excluding tert-OH is 1. The maximum Gasteiger partial charge on any atom is 0.217 e. The van der Waals surface area contributed by atoms with Crippen molar-refractivity contribution in [1.82, 2.24) is 5.32 Å². The number of rotatable bonds is 11. The van der Waals surface area contributed by atoms with Gasteiger partial charge >= 0.3 is 0 Å². The van der Waals surface area contributed by atoms with Crippen molar-refractivity contribution in [3.63, 3.8) is 0 Å². The van der Waals surface area contributed by atoms with Gasteiger partial charge in [0.25, 0.3) is 0 Å². The number of carbonyl (C=O) groups is 1. The highest BCUT2D eigenvalue weighted by Gasteiger charge is 2.20. The molecule has 0 bridgehead atoms. The second kappa shape index (κ2) is 11.4. The van der Waals surface area contributed by atoms with E-state index in [1.165, 1.54) is 6.92 Å². The van der Waals surface area contributed by atoms with Crippen molar-refractivity contribution < 1.29 is 19.4 Å². The summed E-state index contributed by atoms with van der Waals surface area (Å²) in [5.74, 6) is -0.180. The lowest BCUT2D eigenvalue weighted by atomic mass is 10.1. The molecule has 0 aliphatic heterocycles. The number of carbonyl (C=O) groups excluding carboxylic acids is 1. The van der Waals surface area contributed by atoms with E-state index in [4.69, 9.17) is 9.47 Å². The Morgan fingerprint density at radius 2 is 1.50 bits per heavy atom. The van der Waals surface area contributed by atoms with Crippen LogP contribution in [0.3, 0.4) is 0 Å². The fourth-order valence-electron chi connectivity index (χ4n) is 2.58. The van der Waals surface area contributed by atoms with Gasteiger partial charge in [-0.2, -0.15) is 0 Å². The zero-order valence-electron chi connectivity index (χ0n) is 15.1. The molecule has 2 atom stereocenters. The van der Waals surface area contributed by atoms with Crippen LogP contribution in [0.5, 0.6) is 0 Å². The van der Waals surface area contributed by atoms with Gasteiger partial charge in [-0.1, -0.05) is 60.7 Å². The van der Waals surface area contributed by atoms with Crippen LogP contribution in [0.15, 0.2) is 60.7 Å². The zero-order chi connectivity index (χ0) is 18.6. The van der Waals surface area contributed by atoms with Crippen LogP contribution in [0.1, 0.15) is 24.5 Å². The third-order valence-electron chi connectivity index (χ3n) is 3.94. The van der Waals surface area contributed by atoms with E-state index in [9.17, 15) is 9.90 Å². The Hall–Kier alpha value is -2.21. The molecule has 2 rings (SSSR count). The fourth-order valence-corrected chi connectivity index (χ4v) is 2.58. The molecule has 0 fully saturated rings. The average Bonchev–Trinajstić information content (AvgIpc) is 2.65. The van der Waals surface area contributed by atoms with Crippen molar-refractivity contribution in [2.24, 2.45) is 0 Å². The third kappa shape index (κ3) is 7.78. The highest BCUT2D eigenvalue weighted by Crippen LogP contribution is 2.07. The molecule has 0 aromatic heterocycles. The largest absolute Gasteiger partial charge is 0.389 e. The Labute approximate surface area is 155 Å². The van der Waals surface area contributed by atoms with E-state index in [-0.39, 0.29) is 12.5 Å². The van der Waals surface area contributed by atoms with Crippen LogP contribution >= 0.6 is 0 Å². The number of hydrogen-bond donors (Lipinski definition) is 2. The van der Waals surface area contributed by atoms with Gasteiger partial charge in [0, 0.05) is 13.5 Å². The Balaban J connectivity index is 1.72. The Morgan fingerprint density at radius 1 is 0.962 bits per heavy atom. The molecule has 5 nitrogen and oxygen atoms in total. The molecule has 5 heteroatoms. The van der Waals surface area contributed by atoms with Crippen molar-refractivity contribution >= 4 is 5.91 Å². The van der Waals surface area contributed by atoms with Crippen molar-refractivity contribution in [2.45, 2.75) is 38.7 Å². The first kappa shape index (κ1) is 20.1. The molecule has 0 spiro atoms. The normalized spacial score (nSPS) is 13.2. The fraction of sp³-hybridized carbons (Fsp3) is 0.381. The molecule has 0 saturated carbocycles. The molecule has 0 aliphatic carbocycles.